The van der Waals surface area contributed by atoms with Gasteiger partial charge in [0.25, 0.3) is 0 Å². The number of nitrogens with zero attached hydrogens (tertiary/aromatic N) is 2. The fourth-order valence-corrected chi connectivity index (χ4v) is 7.96. The maximum absolute atomic E-state index is 8.97. The van der Waals surface area contributed by atoms with Crippen LogP contribution in [0.15, 0.2) is 230 Å². The van der Waals surface area contributed by atoms with Gasteiger partial charge in [-0.1, -0.05) is 182 Å². The van der Waals surface area contributed by atoms with Gasteiger partial charge in [0, 0.05) is 33.3 Å². The largest absolute Gasteiger partial charge is 0.309 e. The molecule has 0 aliphatic carbocycles. The maximum atomic E-state index is 8.97. The van der Waals surface area contributed by atoms with Crippen molar-refractivity contribution >= 4 is 38.9 Å². The summed E-state index contributed by atoms with van der Waals surface area (Å²) < 4.78 is 45.1. The van der Waals surface area contributed by atoms with Crippen LogP contribution in [0, 0.1) is 0 Å². The Kier molecular flexibility index (Phi) is 7.24. The molecular weight excluding hydrogens is 677 g/mol. The van der Waals surface area contributed by atoms with Crippen LogP contribution in [0.4, 0.5) is 17.1 Å². The minimum absolute atomic E-state index is 0.121. The zero-order valence-corrected chi connectivity index (χ0v) is 30.4. The van der Waals surface area contributed by atoms with E-state index in [2.05, 4.69) is 157 Å². The molecule has 56 heavy (non-hydrogen) atoms. The van der Waals surface area contributed by atoms with Gasteiger partial charge in [0.2, 0.25) is 0 Å². The highest BCUT2D eigenvalue weighted by Gasteiger charge is 2.23. The Hall–Kier alpha value is -7.42. The lowest BCUT2D eigenvalue weighted by molar-refractivity contribution is 1.18. The molecule has 264 valence electrons. The summed E-state index contributed by atoms with van der Waals surface area (Å²) >= 11 is 0. The molecule has 2 heteroatoms. The van der Waals surface area contributed by atoms with E-state index in [0.29, 0.717) is 0 Å². The summed E-state index contributed by atoms with van der Waals surface area (Å²) in [6.45, 7) is 0. The third-order valence-electron chi connectivity index (χ3n) is 10.5. The molecule has 10 aromatic rings. The molecule has 0 aliphatic rings. The first-order chi connectivity index (χ1) is 29.9. The molecular formula is C54H38N2. The first-order valence-electron chi connectivity index (χ1n) is 21.3. The Balaban J connectivity index is 1.18. The highest BCUT2D eigenvalue weighted by atomic mass is 15.1. The standard InChI is InChI=1S/C54H38N2/c1-4-17-39(18-5-1)40-31-33-41(34-32-40)42-35-37-45(38-36-42)55(50-27-13-10-23-46(50)43-19-6-2-7-20-43)51-28-14-11-24-47(51)48-26-16-30-53-54(48)49-25-12-15-29-52(49)56(53)44-21-8-3-9-22-44/h1-38H/i3D,8D,9D,21D,22D. The number of hydrogen-bond donors (Lipinski definition) is 0. The van der Waals surface area contributed by atoms with E-state index in [1.807, 2.05) is 53.1 Å². The Morgan fingerprint density at radius 1 is 0.357 bits per heavy atom. The lowest BCUT2D eigenvalue weighted by atomic mass is 9.95. The normalized spacial score (nSPS) is 12.5. The predicted molar refractivity (Wildman–Crippen MR) is 237 cm³/mol. The summed E-state index contributed by atoms with van der Waals surface area (Å²) in [7, 11) is 0. The summed E-state index contributed by atoms with van der Waals surface area (Å²) in [5, 5.41) is 1.83. The van der Waals surface area contributed by atoms with Crippen LogP contribution in [0.25, 0.3) is 72.0 Å². The van der Waals surface area contributed by atoms with Gasteiger partial charge in [-0.2, -0.15) is 0 Å². The Bertz CT molecular complexity index is 3200. The summed E-state index contributed by atoms with van der Waals surface area (Å²) in [4.78, 5) is 2.33. The van der Waals surface area contributed by atoms with Crippen LogP contribution in [0.2, 0.25) is 0 Å². The molecule has 0 atom stereocenters. The fraction of sp³-hybridized carbons (Fsp3) is 0. The highest BCUT2D eigenvalue weighted by Crippen LogP contribution is 2.47. The molecule has 0 saturated carbocycles. The number of para-hydroxylation sites is 4. The number of rotatable bonds is 8. The van der Waals surface area contributed by atoms with E-state index in [0.717, 1.165) is 72.2 Å². The quantitative estimate of drug-likeness (QED) is 0.152. The number of benzene rings is 9. The first-order valence-corrected chi connectivity index (χ1v) is 18.8. The molecule has 0 aliphatic heterocycles. The van der Waals surface area contributed by atoms with Crippen LogP contribution in [-0.2, 0) is 0 Å². The van der Waals surface area contributed by atoms with Gasteiger partial charge in [0.15, 0.2) is 0 Å². The van der Waals surface area contributed by atoms with E-state index in [4.69, 9.17) is 6.85 Å². The van der Waals surface area contributed by atoms with Crippen LogP contribution in [-0.4, -0.2) is 4.57 Å². The van der Waals surface area contributed by atoms with Crippen LogP contribution in [0.3, 0.4) is 0 Å². The van der Waals surface area contributed by atoms with Crippen molar-refractivity contribution in [2.75, 3.05) is 4.90 Å². The highest BCUT2D eigenvalue weighted by molar-refractivity contribution is 6.17. The number of fused-ring (bicyclic) bond motifs is 3. The Labute approximate surface area is 334 Å². The summed E-state index contributed by atoms with van der Waals surface area (Å²) in [6.07, 6.45) is 0. The van der Waals surface area contributed by atoms with Crippen LogP contribution in [0.1, 0.15) is 6.85 Å². The van der Waals surface area contributed by atoms with Crippen molar-refractivity contribution in [1.29, 1.82) is 0 Å². The van der Waals surface area contributed by atoms with E-state index in [1.165, 1.54) is 11.1 Å². The molecule has 0 saturated heterocycles. The second kappa shape index (κ2) is 14.4. The van der Waals surface area contributed by atoms with Crippen molar-refractivity contribution in [2.45, 2.75) is 0 Å². The number of hydrogen-bond acceptors (Lipinski definition) is 1. The molecule has 10 rings (SSSR count). The average Bonchev–Trinajstić information content (AvgIpc) is 3.66. The molecule has 0 bridgehead atoms. The molecule has 9 aromatic carbocycles. The monoisotopic (exact) mass is 719 g/mol. The summed E-state index contributed by atoms with van der Waals surface area (Å²) in [6, 6.07) is 67.5. The molecule has 1 heterocycles. The number of anilines is 3. The van der Waals surface area contributed by atoms with Crippen molar-refractivity contribution < 1.29 is 6.85 Å². The van der Waals surface area contributed by atoms with E-state index in [9.17, 15) is 0 Å². The second-order valence-electron chi connectivity index (χ2n) is 13.8. The zero-order chi connectivity index (χ0) is 41.6. The third-order valence-corrected chi connectivity index (χ3v) is 10.5. The SMILES string of the molecule is [2H]c1c([2H])c([2H])c(-n2c3ccccc3c3c(-c4ccccc4N(c4ccc(-c5ccc(-c6ccccc6)cc5)cc4)c4ccccc4-c4ccccc4)cccc32)c([2H])c1[2H]. The van der Waals surface area contributed by atoms with Gasteiger partial charge in [0.05, 0.1) is 29.3 Å². The lowest BCUT2D eigenvalue weighted by Crippen LogP contribution is -2.12. The van der Waals surface area contributed by atoms with Gasteiger partial charge in [-0.15, -0.1) is 0 Å². The molecule has 0 fully saturated rings. The van der Waals surface area contributed by atoms with Crippen molar-refractivity contribution in [1.82, 2.24) is 4.57 Å². The Morgan fingerprint density at radius 2 is 0.839 bits per heavy atom. The van der Waals surface area contributed by atoms with Crippen molar-refractivity contribution in [3.63, 3.8) is 0 Å². The van der Waals surface area contributed by atoms with Gasteiger partial charge in [0.1, 0.15) is 0 Å². The van der Waals surface area contributed by atoms with Crippen LogP contribution < -0.4 is 4.90 Å². The van der Waals surface area contributed by atoms with Crippen molar-refractivity contribution in [3.8, 4) is 50.2 Å². The maximum Gasteiger partial charge on any atom is 0.0645 e. The molecule has 0 amide bonds. The van der Waals surface area contributed by atoms with Gasteiger partial charge in [-0.05, 0) is 81.9 Å². The topological polar surface area (TPSA) is 8.17 Å². The minimum Gasteiger partial charge on any atom is -0.309 e. The number of aromatic nitrogens is 1. The van der Waals surface area contributed by atoms with Crippen LogP contribution >= 0.6 is 0 Å². The van der Waals surface area contributed by atoms with Crippen molar-refractivity contribution in [3.05, 3.63) is 230 Å². The zero-order valence-electron chi connectivity index (χ0n) is 35.4. The summed E-state index contributed by atoms with van der Waals surface area (Å²) in [5.74, 6) is 0. The first kappa shape index (κ1) is 28.1. The fourth-order valence-electron chi connectivity index (χ4n) is 7.96. The smallest absolute Gasteiger partial charge is 0.0645 e. The van der Waals surface area contributed by atoms with E-state index < -0.39 is 6.04 Å². The van der Waals surface area contributed by atoms with E-state index in [-0.39, 0.29) is 29.9 Å². The van der Waals surface area contributed by atoms with Crippen molar-refractivity contribution in [2.24, 2.45) is 0 Å². The molecule has 0 spiro atoms. The Morgan fingerprint density at radius 3 is 1.52 bits per heavy atom. The molecule has 0 radical (unpaired) electrons. The molecule has 1 aromatic heterocycles. The van der Waals surface area contributed by atoms with Gasteiger partial charge >= 0.3 is 0 Å². The van der Waals surface area contributed by atoms with E-state index >= 15 is 0 Å². The van der Waals surface area contributed by atoms with Gasteiger partial charge < -0.3 is 9.47 Å². The molecule has 2 nitrogen and oxygen atoms in total. The minimum atomic E-state index is -0.418. The second-order valence-corrected chi connectivity index (χ2v) is 13.8. The third kappa shape index (κ3) is 5.95. The molecule has 0 unspecified atom stereocenters. The van der Waals surface area contributed by atoms with Gasteiger partial charge in [-0.25, -0.2) is 0 Å². The average molecular weight is 720 g/mol. The van der Waals surface area contributed by atoms with Gasteiger partial charge in [-0.3, -0.25) is 0 Å². The van der Waals surface area contributed by atoms with E-state index in [1.54, 1.807) is 0 Å². The summed E-state index contributed by atoms with van der Waals surface area (Å²) in [5.41, 5.74) is 13.3. The predicted octanol–water partition coefficient (Wildman–Crippen LogP) is 14.9. The van der Waals surface area contributed by atoms with Crippen LogP contribution in [0.5, 0.6) is 0 Å². The molecule has 0 N–H and O–H groups in total. The lowest BCUT2D eigenvalue weighted by Gasteiger charge is -2.30.